The standard InChI is InChI=1S/C13H23NO6/c1-12(2,3)19-10(17)8(7-9(15)16)14-11(18)20-13(4,5)6/h8H,7H2,1-6H3,(H,14,18)(H,15,16)/p+1/t8-/m0/s1. The molecule has 0 aromatic heterocycles. The molecule has 1 amide bonds. The molecule has 0 aromatic rings. The highest BCUT2D eigenvalue weighted by molar-refractivity contribution is 5.86. The minimum absolute atomic E-state index is 0.464. The van der Waals surface area contributed by atoms with Gasteiger partial charge in [0, 0.05) is 4.79 Å². The monoisotopic (exact) mass is 290 g/mol. The van der Waals surface area contributed by atoms with E-state index in [0.29, 0.717) is 0 Å². The third-order valence-electron chi connectivity index (χ3n) is 1.77. The van der Waals surface area contributed by atoms with E-state index in [-0.39, 0.29) is 0 Å². The number of ether oxygens (including phenoxy) is 2. The molecule has 116 valence electrons. The van der Waals surface area contributed by atoms with Gasteiger partial charge in [0.15, 0.2) is 0 Å². The number of carbonyl (C=O) groups excluding carboxylic acids is 3. The van der Waals surface area contributed by atoms with Gasteiger partial charge < -0.3 is 19.9 Å². The van der Waals surface area contributed by atoms with Crippen molar-refractivity contribution in [2.24, 2.45) is 0 Å². The lowest BCUT2D eigenvalue weighted by Gasteiger charge is -2.25. The lowest BCUT2D eigenvalue weighted by Crippen LogP contribution is -2.47. The van der Waals surface area contributed by atoms with Crippen LogP contribution in [0.2, 0.25) is 0 Å². The molecule has 1 atom stereocenters. The van der Waals surface area contributed by atoms with Crippen LogP contribution in [-0.2, 0) is 19.1 Å². The summed E-state index contributed by atoms with van der Waals surface area (Å²) < 4.78 is 10.1. The molecule has 3 N–H and O–H groups in total. The topological polar surface area (TPSA) is 105 Å². The molecule has 20 heavy (non-hydrogen) atoms. The van der Waals surface area contributed by atoms with Crippen LogP contribution in [0, 0.1) is 0 Å². The maximum atomic E-state index is 11.9. The van der Waals surface area contributed by atoms with Gasteiger partial charge in [0.1, 0.15) is 23.7 Å². The molecule has 0 saturated heterocycles. The first-order valence-corrected chi connectivity index (χ1v) is 6.27. The van der Waals surface area contributed by atoms with E-state index in [9.17, 15) is 14.4 Å². The maximum absolute atomic E-state index is 11.9. The van der Waals surface area contributed by atoms with Gasteiger partial charge >= 0.3 is 18.0 Å². The van der Waals surface area contributed by atoms with Gasteiger partial charge in [-0.2, -0.15) is 0 Å². The Labute approximate surface area is 118 Å². The molecule has 7 heteroatoms. The normalized spacial score (nSPS) is 13.3. The van der Waals surface area contributed by atoms with E-state index in [0.717, 1.165) is 0 Å². The van der Waals surface area contributed by atoms with Crippen molar-refractivity contribution in [3.05, 3.63) is 0 Å². The number of nitrogens with one attached hydrogen (secondary N) is 1. The predicted molar refractivity (Wildman–Crippen MR) is 72.2 cm³/mol. The zero-order valence-electron chi connectivity index (χ0n) is 12.8. The van der Waals surface area contributed by atoms with Crippen LogP contribution < -0.4 is 5.32 Å². The number of hydrogen-bond acceptors (Lipinski definition) is 5. The van der Waals surface area contributed by atoms with Gasteiger partial charge in [0.2, 0.25) is 0 Å². The highest BCUT2D eigenvalue weighted by atomic mass is 16.6. The minimum Gasteiger partial charge on any atom is -0.565 e. The predicted octanol–water partition coefficient (Wildman–Crippen LogP) is 0.863. The van der Waals surface area contributed by atoms with Gasteiger partial charge in [0.25, 0.3) is 0 Å². The second-order valence-corrected chi connectivity index (χ2v) is 6.36. The van der Waals surface area contributed by atoms with Crippen LogP contribution in [0.25, 0.3) is 0 Å². The summed E-state index contributed by atoms with van der Waals surface area (Å²) in [6.45, 7) is 10.0. The Morgan fingerprint density at radius 2 is 1.45 bits per heavy atom. The Morgan fingerprint density at radius 1 is 1.00 bits per heavy atom. The maximum Gasteiger partial charge on any atom is 0.518 e. The molecular formula is C13H24NO6+. The highest BCUT2D eigenvalue weighted by Crippen LogP contribution is 2.11. The molecule has 0 aliphatic rings. The molecule has 0 radical (unpaired) electrons. The molecule has 0 heterocycles. The van der Waals surface area contributed by atoms with Crippen LogP contribution in [0.15, 0.2) is 0 Å². The summed E-state index contributed by atoms with van der Waals surface area (Å²) in [7, 11) is 0. The number of alkyl carbamates (subject to hydrolysis) is 1. The van der Waals surface area contributed by atoms with Gasteiger partial charge in [-0.05, 0) is 41.5 Å². The van der Waals surface area contributed by atoms with Crippen molar-refractivity contribution in [2.45, 2.75) is 65.2 Å². The first kappa shape index (κ1) is 18.2. The van der Waals surface area contributed by atoms with E-state index < -0.39 is 41.7 Å². The summed E-state index contributed by atoms with van der Waals surface area (Å²) in [5.74, 6) is -1.75. The van der Waals surface area contributed by atoms with Crippen molar-refractivity contribution in [2.75, 3.05) is 0 Å². The zero-order chi connectivity index (χ0) is 16.1. The lowest BCUT2D eigenvalue weighted by atomic mass is 10.1. The SMILES string of the molecule is CC(C)(C)OC(=O)N[C@@H](CC(=O)[OH2+])C(=O)OC(C)(C)C. The first-order valence-electron chi connectivity index (χ1n) is 6.27. The largest absolute Gasteiger partial charge is 0.565 e. The molecule has 0 saturated carbocycles. The average molecular weight is 290 g/mol. The minimum atomic E-state index is -1.23. The third kappa shape index (κ3) is 9.18. The number of hydrogen-bond donors (Lipinski definition) is 1. The van der Waals surface area contributed by atoms with Crippen molar-refractivity contribution in [3.63, 3.8) is 0 Å². The second kappa shape index (κ2) is 6.58. The molecule has 0 spiro atoms. The van der Waals surface area contributed by atoms with Crippen LogP contribution in [0.5, 0.6) is 0 Å². The summed E-state index contributed by atoms with van der Waals surface area (Å²) in [5, 5.41) is 9.17. The highest BCUT2D eigenvalue weighted by Gasteiger charge is 2.32. The Morgan fingerprint density at radius 3 is 1.80 bits per heavy atom. The first-order chi connectivity index (χ1) is 8.80. The van der Waals surface area contributed by atoms with Crippen LogP contribution in [0.4, 0.5) is 4.79 Å². The van der Waals surface area contributed by atoms with Gasteiger partial charge in [-0.25, -0.2) is 9.59 Å². The fraction of sp³-hybridized carbons (Fsp3) is 0.769. The molecular weight excluding hydrogens is 266 g/mol. The molecule has 0 fully saturated rings. The van der Waals surface area contributed by atoms with E-state index in [1.165, 1.54) is 0 Å². The Hall–Kier alpha value is -1.79. The summed E-state index contributed by atoms with van der Waals surface area (Å²) in [4.78, 5) is 34.3. The second-order valence-electron chi connectivity index (χ2n) is 6.36. The Kier molecular flexibility index (Phi) is 5.99. The van der Waals surface area contributed by atoms with Gasteiger partial charge in [-0.3, -0.25) is 0 Å². The average Bonchev–Trinajstić information content (AvgIpc) is 2.09. The van der Waals surface area contributed by atoms with E-state index in [1.54, 1.807) is 41.5 Å². The van der Waals surface area contributed by atoms with Crippen molar-refractivity contribution in [1.29, 1.82) is 0 Å². The molecule has 0 bridgehead atoms. The summed E-state index contributed by atoms with van der Waals surface area (Å²) in [5.41, 5.74) is -1.48. The molecule has 0 aliphatic heterocycles. The number of carbonyl (C=O) groups is 3. The van der Waals surface area contributed by atoms with Crippen molar-refractivity contribution < 1.29 is 29.0 Å². The van der Waals surface area contributed by atoms with E-state index in [4.69, 9.17) is 14.6 Å². The van der Waals surface area contributed by atoms with E-state index >= 15 is 0 Å². The summed E-state index contributed by atoms with van der Waals surface area (Å²) in [6, 6.07) is -1.23. The molecule has 7 nitrogen and oxygen atoms in total. The molecule has 0 aliphatic carbocycles. The van der Waals surface area contributed by atoms with Gasteiger partial charge in [-0.1, -0.05) is 0 Å². The van der Waals surface area contributed by atoms with Crippen LogP contribution >= 0.6 is 0 Å². The Bertz CT molecular complexity index is 377. The van der Waals surface area contributed by atoms with Crippen molar-refractivity contribution >= 4 is 18.0 Å². The van der Waals surface area contributed by atoms with Gasteiger partial charge in [-0.15, -0.1) is 0 Å². The third-order valence-corrected chi connectivity index (χ3v) is 1.77. The van der Waals surface area contributed by atoms with E-state index in [2.05, 4.69) is 5.32 Å². The van der Waals surface area contributed by atoms with Crippen LogP contribution in [0.1, 0.15) is 48.0 Å². The van der Waals surface area contributed by atoms with Crippen LogP contribution in [-0.4, -0.2) is 40.4 Å². The zero-order valence-corrected chi connectivity index (χ0v) is 12.8. The van der Waals surface area contributed by atoms with Crippen molar-refractivity contribution in [1.82, 2.24) is 5.32 Å². The molecule has 0 rings (SSSR count). The smallest absolute Gasteiger partial charge is 0.518 e. The quantitative estimate of drug-likeness (QED) is 0.611. The summed E-state index contributed by atoms with van der Waals surface area (Å²) >= 11 is 0. The lowest BCUT2D eigenvalue weighted by molar-refractivity contribution is -0.160. The fourth-order valence-corrected chi connectivity index (χ4v) is 1.20. The molecule has 0 unspecified atom stereocenters. The number of amides is 1. The Balaban J connectivity index is 4.77. The van der Waals surface area contributed by atoms with E-state index in [1.807, 2.05) is 0 Å². The van der Waals surface area contributed by atoms with Gasteiger partial charge in [0.05, 0.1) is 0 Å². The number of rotatable bonds is 4. The van der Waals surface area contributed by atoms with Crippen LogP contribution in [0.3, 0.4) is 0 Å². The molecule has 0 aromatic carbocycles. The summed E-state index contributed by atoms with van der Waals surface area (Å²) in [6.07, 6.45) is -1.30. The van der Waals surface area contributed by atoms with Crippen molar-refractivity contribution in [3.8, 4) is 0 Å². The number of esters is 1. The fourth-order valence-electron chi connectivity index (χ4n) is 1.20.